The largest absolute Gasteiger partial charge is 0.198 e. The SMILES string of the molecule is N#CCc1ccc(Cl)c(Br)c1Br. The summed E-state index contributed by atoms with van der Waals surface area (Å²) in [5.74, 6) is 0. The van der Waals surface area contributed by atoms with Gasteiger partial charge in [-0.1, -0.05) is 17.7 Å². The number of nitrogens with zero attached hydrogens (tertiary/aromatic N) is 1. The van der Waals surface area contributed by atoms with E-state index in [-0.39, 0.29) is 0 Å². The minimum Gasteiger partial charge on any atom is -0.198 e. The molecule has 0 fully saturated rings. The Balaban J connectivity index is 3.19. The number of hydrogen-bond acceptors (Lipinski definition) is 1. The van der Waals surface area contributed by atoms with Crippen molar-refractivity contribution in [3.8, 4) is 6.07 Å². The Morgan fingerprint density at radius 1 is 1.33 bits per heavy atom. The van der Waals surface area contributed by atoms with E-state index in [4.69, 9.17) is 16.9 Å². The minimum atomic E-state index is 0.385. The molecule has 0 aliphatic carbocycles. The molecule has 1 aromatic carbocycles. The first-order valence-electron chi connectivity index (χ1n) is 3.16. The summed E-state index contributed by atoms with van der Waals surface area (Å²) in [6.07, 6.45) is 0.385. The second-order valence-corrected chi connectivity index (χ2v) is 4.16. The van der Waals surface area contributed by atoms with Crippen LogP contribution in [0.15, 0.2) is 21.1 Å². The van der Waals surface area contributed by atoms with Crippen molar-refractivity contribution in [2.24, 2.45) is 0 Å². The topological polar surface area (TPSA) is 23.8 Å². The molecule has 0 spiro atoms. The van der Waals surface area contributed by atoms with E-state index in [1.54, 1.807) is 6.07 Å². The maximum atomic E-state index is 8.49. The van der Waals surface area contributed by atoms with E-state index < -0.39 is 0 Å². The molecule has 0 aliphatic rings. The number of rotatable bonds is 1. The van der Waals surface area contributed by atoms with E-state index >= 15 is 0 Å². The molecule has 0 amide bonds. The lowest BCUT2D eigenvalue weighted by atomic mass is 10.2. The van der Waals surface area contributed by atoms with Gasteiger partial charge in [-0.15, -0.1) is 0 Å². The fourth-order valence-corrected chi connectivity index (χ4v) is 1.93. The van der Waals surface area contributed by atoms with Crippen LogP contribution in [0.5, 0.6) is 0 Å². The molecule has 1 aromatic rings. The van der Waals surface area contributed by atoms with Crippen molar-refractivity contribution in [3.63, 3.8) is 0 Å². The van der Waals surface area contributed by atoms with Crippen molar-refractivity contribution in [1.82, 2.24) is 0 Å². The highest BCUT2D eigenvalue weighted by Gasteiger charge is 2.06. The number of halogens is 3. The summed E-state index contributed by atoms with van der Waals surface area (Å²) in [5, 5.41) is 9.13. The van der Waals surface area contributed by atoms with Gasteiger partial charge < -0.3 is 0 Å². The van der Waals surface area contributed by atoms with Crippen LogP contribution in [0.3, 0.4) is 0 Å². The Labute approximate surface area is 92.6 Å². The molecule has 0 bridgehead atoms. The van der Waals surface area contributed by atoms with Crippen molar-refractivity contribution in [3.05, 3.63) is 31.7 Å². The third-order valence-corrected chi connectivity index (χ3v) is 4.19. The van der Waals surface area contributed by atoms with Gasteiger partial charge in [0, 0.05) is 4.47 Å². The average Bonchev–Trinajstić information content (AvgIpc) is 2.07. The average molecular weight is 309 g/mol. The molecular formula is C8H4Br2ClN. The van der Waals surface area contributed by atoms with Gasteiger partial charge in [-0.3, -0.25) is 0 Å². The zero-order valence-corrected chi connectivity index (χ0v) is 9.87. The van der Waals surface area contributed by atoms with E-state index in [1.807, 2.05) is 6.07 Å². The molecule has 0 atom stereocenters. The number of hydrogen-bond donors (Lipinski definition) is 0. The highest BCUT2D eigenvalue weighted by Crippen LogP contribution is 2.33. The molecule has 1 nitrogen and oxygen atoms in total. The van der Waals surface area contributed by atoms with Gasteiger partial charge >= 0.3 is 0 Å². The Kier molecular flexibility index (Phi) is 3.57. The van der Waals surface area contributed by atoms with Crippen LogP contribution in [-0.2, 0) is 6.42 Å². The third-order valence-electron chi connectivity index (χ3n) is 1.38. The van der Waals surface area contributed by atoms with Crippen molar-refractivity contribution in [2.45, 2.75) is 6.42 Å². The highest BCUT2D eigenvalue weighted by atomic mass is 79.9. The zero-order valence-electron chi connectivity index (χ0n) is 5.94. The van der Waals surface area contributed by atoms with E-state index in [2.05, 4.69) is 37.9 Å². The molecule has 0 radical (unpaired) electrons. The van der Waals surface area contributed by atoms with Gasteiger partial charge in [-0.25, -0.2) is 0 Å². The molecule has 0 unspecified atom stereocenters. The summed E-state index contributed by atoms with van der Waals surface area (Å²) in [6, 6.07) is 5.68. The molecule has 0 N–H and O–H groups in total. The van der Waals surface area contributed by atoms with Crippen molar-refractivity contribution in [1.29, 1.82) is 5.26 Å². The van der Waals surface area contributed by atoms with Gasteiger partial charge in [0.15, 0.2) is 0 Å². The quantitative estimate of drug-likeness (QED) is 0.721. The van der Waals surface area contributed by atoms with Gasteiger partial charge in [-0.05, 0) is 43.5 Å². The van der Waals surface area contributed by atoms with Crippen LogP contribution in [0.1, 0.15) is 5.56 Å². The normalized spacial score (nSPS) is 9.50. The van der Waals surface area contributed by atoms with Crippen molar-refractivity contribution in [2.75, 3.05) is 0 Å². The predicted octanol–water partition coefficient (Wildman–Crippen LogP) is 3.93. The molecule has 0 aromatic heterocycles. The Morgan fingerprint density at radius 2 is 2.00 bits per heavy atom. The van der Waals surface area contributed by atoms with Gasteiger partial charge in [0.1, 0.15) is 0 Å². The van der Waals surface area contributed by atoms with E-state index in [0.717, 1.165) is 14.5 Å². The van der Waals surface area contributed by atoms with Crippen LogP contribution < -0.4 is 0 Å². The number of benzene rings is 1. The van der Waals surface area contributed by atoms with Crippen LogP contribution in [0, 0.1) is 11.3 Å². The fraction of sp³-hybridized carbons (Fsp3) is 0.125. The number of nitriles is 1. The van der Waals surface area contributed by atoms with Crippen LogP contribution in [0.25, 0.3) is 0 Å². The molecular weight excluding hydrogens is 305 g/mol. The predicted molar refractivity (Wildman–Crippen MR) is 56.2 cm³/mol. The minimum absolute atomic E-state index is 0.385. The molecule has 0 heterocycles. The summed E-state index contributed by atoms with van der Waals surface area (Å²) in [4.78, 5) is 0. The maximum absolute atomic E-state index is 8.49. The van der Waals surface area contributed by atoms with Crippen molar-refractivity contribution >= 4 is 43.5 Å². The Hall–Kier alpha value is -0.0400. The molecule has 12 heavy (non-hydrogen) atoms. The maximum Gasteiger partial charge on any atom is 0.0670 e. The monoisotopic (exact) mass is 307 g/mol. The molecule has 0 saturated carbocycles. The van der Waals surface area contributed by atoms with Crippen molar-refractivity contribution < 1.29 is 0 Å². The highest BCUT2D eigenvalue weighted by molar-refractivity contribution is 9.13. The van der Waals surface area contributed by atoms with Crippen LogP contribution in [0.2, 0.25) is 5.02 Å². The van der Waals surface area contributed by atoms with E-state index in [1.165, 1.54) is 0 Å². The summed E-state index contributed by atoms with van der Waals surface area (Å²) in [6.45, 7) is 0. The Morgan fingerprint density at radius 3 is 2.58 bits per heavy atom. The summed E-state index contributed by atoms with van der Waals surface area (Å²) >= 11 is 12.5. The smallest absolute Gasteiger partial charge is 0.0670 e. The third kappa shape index (κ3) is 2.01. The summed E-state index contributed by atoms with van der Waals surface area (Å²) in [7, 11) is 0. The lowest BCUT2D eigenvalue weighted by Crippen LogP contribution is -1.85. The Bertz CT molecular complexity index is 344. The van der Waals surface area contributed by atoms with E-state index in [9.17, 15) is 0 Å². The fourth-order valence-electron chi connectivity index (χ4n) is 0.788. The van der Waals surface area contributed by atoms with Crippen LogP contribution in [0.4, 0.5) is 0 Å². The van der Waals surface area contributed by atoms with Gasteiger partial charge in [0.05, 0.1) is 22.0 Å². The molecule has 1 rings (SSSR count). The van der Waals surface area contributed by atoms with Gasteiger partial charge in [-0.2, -0.15) is 5.26 Å². The lowest BCUT2D eigenvalue weighted by molar-refractivity contribution is 1.24. The van der Waals surface area contributed by atoms with Crippen LogP contribution >= 0.6 is 43.5 Å². The molecule has 0 aliphatic heterocycles. The lowest BCUT2D eigenvalue weighted by Gasteiger charge is -2.03. The second kappa shape index (κ2) is 4.27. The first-order chi connectivity index (χ1) is 5.66. The first-order valence-corrected chi connectivity index (χ1v) is 5.12. The summed E-state index contributed by atoms with van der Waals surface area (Å²) < 4.78 is 1.66. The van der Waals surface area contributed by atoms with Gasteiger partial charge in [0.2, 0.25) is 0 Å². The molecule has 62 valence electrons. The second-order valence-electron chi connectivity index (χ2n) is 2.17. The molecule has 0 saturated heterocycles. The van der Waals surface area contributed by atoms with E-state index in [0.29, 0.717) is 11.4 Å². The summed E-state index contributed by atoms with van der Waals surface area (Å²) in [5.41, 5.74) is 0.939. The zero-order chi connectivity index (χ0) is 9.14. The first kappa shape index (κ1) is 10.0. The van der Waals surface area contributed by atoms with Gasteiger partial charge in [0.25, 0.3) is 0 Å². The standard InChI is InChI=1S/C8H4Br2ClN/c9-7-5(3-4-12)1-2-6(11)8(7)10/h1-2H,3H2. The van der Waals surface area contributed by atoms with Crippen LogP contribution in [-0.4, -0.2) is 0 Å². The molecule has 4 heteroatoms.